The van der Waals surface area contributed by atoms with Crippen molar-refractivity contribution in [2.75, 3.05) is 6.61 Å². The van der Waals surface area contributed by atoms with Crippen LogP contribution in [0.2, 0.25) is 0 Å². The number of hydrogen-bond donors (Lipinski definition) is 3. The lowest BCUT2D eigenvalue weighted by molar-refractivity contribution is -0.123. The van der Waals surface area contributed by atoms with E-state index in [0.717, 1.165) is 51.4 Å². The summed E-state index contributed by atoms with van der Waals surface area (Å²) in [6.45, 7) is 4.27. The summed E-state index contributed by atoms with van der Waals surface area (Å²) >= 11 is 0. The van der Waals surface area contributed by atoms with Gasteiger partial charge in [-0.3, -0.25) is 4.79 Å². The van der Waals surface area contributed by atoms with Gasteiger partial charge in [-0.05, 0) is 77.0 Å². The van der Waals surface area contributed by atoms with Gasteiger partial charge < -0.3 is 15.5 Å². The van der Waals surface area contributed by atoms with Gasteiger partial charge in [0.15, 0.2) is 0 Å². The average molecular weight is 768 g/mol. The molecule has 320 valence electrons. The van der Waals surface area contributed by atoms with Crippen LogP contribution in [0.3, 0.4) is 0 Å². The van der Waals surface area contributed by atoms with Crippen LogP contribution in [0.15, 0.2) is 60.8 Å². The van der Waals surface area contributed by atoms with Crippen molar-refractivity contribution in [3.63, 3.8) is 0 Å². The van der Waals surface area contributed by atoms with Crippen molar-refractivity contribution < 1.29 is 15.0 Å². The summed E-state index contributed by atoms with van der Waals surface area (Å²) in [5.41, 5.74) is 0. The van der Waals surface area contributed by atoms with Gasteiger partial charge in [0.2, 0.25) is 5.91 Å². The molecule has 0 rings (SSSR count). The predicted molar refractivity (Wildman–Crippen MR) is 244 cm³/mol. The van der Waals surface area contributed by atoms with Crippen LogP contribution in [0.1, 0.15) is 239 Å². The fraction of sp³-hybridized carbons (Fsp3) is 0.784. The van der Waals surface area contributed by atoms with Gasteiger partial charge in [0.05, 0.1) is 18.8 Å². The van der Waals surface area contributed by atoms with Crippen molar-refractivity contribution in [1.29, 1.82) is 0 Å². The number of nitrogens with one attached hydrogen (secondary N) is 1. The van der Waals surface area contributed by atoms with E-state index in [1.54, 1.807) is 6.08 Å². The molecule has 0 saturated carbocycles. The Morgan fingerprint density at radius 1 is 0.436 bits per heavy atom. The number of aliphatic hydroxyl groups is 2. The molecular formula is C51H93NO3. The zero-order valence-electron chi connectivity index (χ0n) is 36.7. The quantitative estimate of drug-likeness (QED) is 0.0427. The largest absolute Gasteiger partial charge is 0.394 e. The van der Waals surface area contributed by atoms with E-state index < -0.39 is 12.1 Å². The molecule has 4 heteroatoms. The Bertz CT molecular complexity index is 919. The lowest BCUT2D eigenvalue weighted by atomic mass is 10.0. The zero-order chi connectivity index (χ0) is 40.0. The first-order valence-electron chi connectivity index (χ1n) is 24.0. The number of unbranched alkanes of at least 4 members (excludes halogenated alkanes) is 28. The number of amides is 1. The van der Waals surface area contributed by atoms with E-state index in [1.807, 2.05) is 6.08 Å². The van der Waals surface area contributed by atoms with Crippen molar-refractivity contribution in [3.8, 4) is 0 Å². The second kappa shape index (κ2) is 46.5. The highest BCUT2D eigenvalue weighted by atomic mass is 16.3. The highest BCUT2D eigenvalue weighted by Gasteiger charge is 2.17. The molecule has 0 bridgehead atoms. The molecule has 0 aliphatic rings. The first-order chi connectivity index (χ1) is 27.2. The van der Waals surface area contributed by atoms with Gasteiger partial charge in [0, 0.05) is 6.42 Å². The van der Waals surface area contributed by atoms with E-state index in [1.165, 1.54) is 167 Å². The summed E-state index contributed by atoms with van der Waals surface area (Å²) < 4.78 is 0. The van der Waals surface area contributed by atoms with Crippen molar-refractivity contribution in [3.05, 3.63) is 60.8 Å². The third-order valence-electron chi connectivity index (χ3n) is 10.7. The smallest absolute Gasteiger partial charge is 0.220 e. The SMILES string of the molecule is CCCCC/C=C\C/C=C\CCCCCCCCCC(=O)NC(CO)C(O)/C=C/CC/C=C/CC/C=C/CCCCCCCCCCCCCCCCCC. The number of allylic oxidation sites excluding steroid dienone is 9. The second-order valence-electron chi connectivity index (χ2n) is 16.2. The van der Waals surface area contributed by atoms with Crippen LogP contribution < -0.4 is 5.32 Å². The minimum absolute atomic E-state index is 0.0869. The second-order valence-corrected chi connectivity index (χ2v) is 16.2. The number of hydrogen-bond acceptors (Lipinski definition) is 3. The summed E-state index contributed by atoms with van der Waals surface area (Å²) in [5.74, 6) is -0.0869. The normalized spacial score (nSPS) is 13.5. The van der Waals surface area contributed by atoms with Gasteiger partial charge in [-0.15, -0.1) is 0 Å². The van der Waals surface area contributed by atoms with Crippen LogP contribution >= 0.6 is 0 Å². The van der Waals surface area contributed by atoms with Gasteiger partial charge in [-0.1, -0.05) is 216 Å². The van der Waals surface area contributed by atoms with E-state index in [0.29, 0.717) is 6.42 Å². The van der Waals surface area contributed by atoms with Gasteiger partial charge >= 0.3 is 0 Å². The molecule has 4 nitrogen and oxygen atoms in total. The van der Waals surface area contributed by atoms with Crippen molar-refractivity contribution >= 4 is 5.91 Å². The lowest BCUT2D eigenvalue weighted by Gasteiger charge is -2.19. The molecule has 0 saturated heterocycles. The number of carbonyl (C=O) groups excluding carboxylic acids is 1. The highest BCUT2D eigenvalue weighted by Crippen LogP contribution is 2.15. The Hall–Kier alpha value is -1.91. The van der Waals surface area contributed by atoms with Crippen LogP contribution in [0.4, 0.5) is 0 Å². The zero-order valence-corrected chi connectivity index (χ0v) is 36.7. The molecule has 0 aromatic carbocycles. The van der Waals surface area contributed by atoms with Crippen LogP contribution in [-0.4, -0.2) is 34.9 Å². The molecule has 0 aliphatic carbocycles. The van der Waals surface area contributed by atoms with Gasteiger partial charge in [0.25, 0.3) is 0 Å². The molecule has 0 radical (unpaired) electrons. The minimum atomic E-state index is -0.876. The predicted octanol–water partition coefficient (Wildman–Crippen LogP) is 15.3. The van der Waals surface area contributed by atoms with Gasteiger partial charge in [0.1, 0.15) is 0 Å². The molecule has 0 aromatic heterocycles. The summed E-state index contributed by atoms with van der Waals surface area (Å²) in [6, 6.07) is -0.652. The Balaban J connectivity index is 3.63. The van der Waals surface area contributed by atoms with E-state index in [9.17, 15) is 15.0 Å². The molecular weight excluding hydrogens is 675 g/mol. The fourth-order valence-corrected chi connectivity index (χ4v) is 7.00. The number of carbonyl (C=O) groups is 1. The monoisotopic (exact) mass is 768 g/mol. The fourth-order valence-electron chi connectivity index (χ4n) is 7.00. The third-order valence-corrected chi connectivity index (χ3v) is 10.7. The average Bonchev–Trinajstić information content (AvgIpc) is 3.19. The minimum Gasteiger partial charge on any atom is -0.394 e. The molecule has 2 atom stereocenters. The van der Waals surface area contributed by atoms with E-state index in [-0.39, 0.29) is 12.5 Å². The van der Waals surface area contributed by atoms with Crippen LogP contribution in [0.25, 0.3) is 0 Å². The molecule has 0 aliphatic heterocycles. The Morgan fingerprint density at radius 3 is 1.20 bits per heavy atom. The van der Waals surface area contributed by atoms with Crippen LogP contribution in [-0.2, 0) is 4.79 Å². The molecule has 0 spiro atoms. The van der Waals surface area contributed by atoms with Crippen LogP contribution in [0.5, 0.6) is 0 Å². The molecule has 0 aromatic rings. The maximum atomic E-state index is 12.4. The summed E-state index contributed by atoms with van der Waals surface area (Å²) in [5, 5.41) is 23.0. The van der Waals surface area contributed by atoms with E-state index >= 15 is 0 Å². The van der Waals surface area contributed by atoms with Gasteiger partial charge in [-0.25, -0.2) is 0 Å². The lowest BCUT2D eigenvalue weighted by Crippen LogP contribution is -2.45. The standard InChI is InChI=1S/C51H93NO3/c1-3-5-7-9-11-13-15-17-19-21-22-23-24-25-26-27-28-29-31-32-34-36-38-40-42-44-46-50(54)49(48-53)52-51(55)47-45-43-41-39-37-35-33-30-20-18-16-14-12-10-8-6-4-2/h12,14,18,20,29,31,36,38,44,46,49-50,53-54H,3-11,13,15-17,19,21-28,30,32-35,37,39-43,45,47-48H2,1-2H3,(H,52,55)/b14-12-,20-18-,31-29+,38-36+,46-44+. The molecule has 0 heterocycles. The summed E-state index contributed by atoms with van der Waals surface area (Å²) in [6.07, 6.45) is 64.9. The first-order valence-corrected chi connectivity index (χ1v) is 24.0. The van der Waals surface area contributed by atoms with E-state index in [4.69, 9.17) is 0 Å². The maximum absolute atomic E-state index is 12.4. The number of aliphatic hydroxyl groups excluding tert-OH is 2. The molecule has 1 amide bonds. The molecule has 3 N–H and O–H groups in total. The maximum Gasteiger partial charge on any atom is 0.220 e. The molecule has 2 unspecified atom stereocenters. The molecule has 55 heavy (non-hydrogen) atoms. The topological polar surface area (TPSA) is 69.6 Å². The Labute approximate surface area is 343 Å². The van der Waals surface area contributed by atoms with Crippen LogP contribution in [0, 0.1) is 0 Å². The van der Waals surface area contributed by atoms with E-state index in [2.05, 4.69) is 67.8 Å². The van der Waals surface area contributed by atoms with Crippen molar-refractivity contribution in [2.24, 2.45) is 0 Å². The first kappa shape index (κ1) is 53.1. The summed E-state index contributed by atoms with van der Waals surface area (Å²) in [4.78, 5) is 12.4. The Morgan fingerprint density at radius 2 is 0.764 bits per heavy atom. The highest BCUT2D eigenvalue weighted by molar-refractivity contribution is 5.76. The Kier molecular flexibility index (Phi) is 44.9. The van der Waals surface area contributed by atoms with Crippen molar-refractivity contribution in [2.45, 2.75) is 251 Å². The van der Waals surface area contributed by atoms with Crippen molar-refractivity contribution in [1.82, 2.24) is 5.32 Å². The number of rotatable bonds is 43. The summed E-state index contributed by atoms with van der Waals surface area (Å²) in [7, 11) is 0. The van der Waals surface area contributed by atoms with Gasteiger partial charge in [-0.2, -0.15) is 0 Å². The third kappa shape index (κ3) is 43.1. The molecule has 0 fully saturated rings.